The molecule has 0 fully saturated rings. The van der Waals surface area contributed by atoms with E-state index in [1.54, 1.807) is 0 Å². The van der Waals surface area contributed by atoms with Crippen molar-refractivity contribution >= 4 is 17.7 Å². The summed E-state index contributed by atoms with van der Waals surface area (Å²) in [5.41, 5.74) is 0. The summed E-state index contributed by atoms with van der Waals surface area (Å²) in [6, 6.07) is 0. The van der Waals surface area contributed by atoms with Gasteiger partial charge in [0.2, 0.25) is 0 Å². The lowest BCUT2D eigenvalue weighted by Crippen LogP contribution is -2.39. The van der Waals surface area contributed by atoms with Crippen molar-refractivity contribution < 1.29 is 9.90 Å². The minimum atomic E-state index is -1.19. The predicted molar refractivity (Wildman–Crippen MR) is 28.7 cm³/mol. The average Bonchev–Trinajstić information content (AvgIpc) is 1.67. The van der Waals surface area contributed by atoms with Crippen molar-refractivity contribution in [3.8, 4) is 0 Å². The second-order valence-electron chi connectivity index (χ2n) is 1.38. The van der Waals surface area contributed by atoms with Crippen LogP contribution in [0.3, 0.4) is 0 Å². The normalized spacial score (nSPS) is 8.75. The predicted octanol–water partition coefficient (Wildman–Crippen LogP) is -0.500. The van der Waals surface area contributed by atoms with Crippen LogP contribution in [0.4, 0.5) is 4.79 Å². The van der Waals surface area contributed by atoms with E-state index in [9.17, 15) is 9.90 Å². The van der Waals surface area contributed by atoms with Gasteiger partial charge in [0, 0.05) is 19.5 Å². The summed E-state index contributed by atoms with van der Waals surface area (Å²) in [6.45, 7) is 0.323. The van der Waals surface area contributed by atoms with Gasteiger partial charge in [-0.2, -0.15) is 0 Å². The minimum absolute atomic E-state index is 0.310. The lowest BCUT2D eigenvalue weighted by molar-refractivity contribution is -0.263. The highest BCUT2D eigenvalue weighted by atomic mass is 35.5. The van der Waals surface area contributed by atoms with Crippen LogP contribution in [-0.4, -0.2) is 30.5 Å². The van der Waals surface area contributed by atoms with Crippen LogP contribution >= 0.6 is 11.6 Å². The molecule has 0 unspecified atom stereocenters. The van der Waals surface area contributed by atoms with Gasteiger partial charge in [-0.1, -0.05) is 0 Å². The Balaban J connectivity index is 3.32. The first kappa shape index (κ1) is 7.56. The highest BCUT2D eigenvalue weighted by Gasteiger charge is 1.91. The maximum absolute atomic E-state index is 9.85. The molecule has 4 heteroatoms. The lowest BCUT2D eigenvalue weighted by Gasteiger charge is -2.16. The van der Waals surface area contributed by atoms with E-state index in [1.807, 2.05) is 0 Å². The van der Waals surface area contributed by atoms with Gasteiger partial charge in [-0.15, -0.1) is 11.6 Å². The van der Waals surface area contributed by atoms with Crippen LogP contribution in [0.15, 0.2) is 0 Å². The van der Waals surface area contributed by atoms with E-state index in [1.165, 1.54) is 7.05 Å². The van der Waals surface area contributed by atoms with Crippen LogP contribution in [0.1, 0.15) is 0 Å². The Kier molecular flexibility index (Phi) is 3.35. The van der Waals surface area contributed by atoms with Gasteiger partial charge in [-0.05, 0) is 0 Å². The topological polar surface area (TPSA) is 43.4 Å². The largest absolute Gasteiger partial charge is 0.530 e. The van der Waals surface area contributed by atoms with Crippen molar-refractivity contribution in [3.05, 3.63) is 0 Å². The highest BCUT2D eigenvalue weighted by Crippen LogP contribution is 1.81. The number of carboxylic acid groups (broad SMARTS) is 1. The van der Waals surface area contributed by atoms with E-state index in [4.69, 9.17) is 11.6 Å². The number of hydrogen-bond acceptors (Lipinski definition) is 2. The van der Waals surface area contributed by atoms with Gasteiger partial charge in [0.05, 0.1) is 0 Å². The number of carbonyl (C=O) groups excluding carboxylic acids is 1. The molecule has 0 spiro atoms. The zero-order valence-corrected chi connectivity index (χ0v) is 5.31. The Bertz CT molecular complexity index is 86.1. The van der Waals surface area contributed by atoms with Crippen molar-refractivity contribution in [1.82, 2.24) is 4.90 Å². The van der Waals surface area contributed by atoms with Gasteiger partial charge >= 0.3 is 0 Å². The summed E-state index contributed by atoms with van der Waals surface area (Å²) in [5, 5.41) is 9.85. The summed E-state index contributed by atoms with van der Waals surface area (Å²) in [4.78, 5) is 10.9. The van der Waals surface area contributed by atoms with Gasteiger partial charge in [0.1, 0.15) is 6.09 Å². The molecule has 0 saturated carbocycles. The second-order valence-corrected chi connectivity index (χ2v) is 1.75. The van der Waals surface area contributed by atoms with E-state index in [-0.39, 0.29) is 0 Å². The first-order valence-corrected chi connectivity index (χ1v) is 2.70. The SMILES string of the molecule is CN(CCCl)C(=O)[O-]. The van der Waals surface area contributed by atoms with E-state index in [0.717, 1.165) is 4.90 Å². The van der Waals surface area contributed by atoms with Crippen molar-refractivity contribution in [2.75, 3.05) is 19.5 Å². The molecule has 0 aliphatic rings. The van der Waals surface area contributed by atoms with Crippen LogP contribution in [0, 0.1) is 0 Å². The fourth-order valence-electron chi connectivity index (χ4n) is 0.218. The van der Waals surface area contributed by atoms with Crippen molar-refractivity contribution in [2.45, 2.75) is 0 Å². The molecule has 0 aromatic rings. The molecular weight excluding hydrogens is 130 g/mol. The molecule has 0 aliphatic carbocycles. The second kappa shape index (κ2) is 3.55. The standard InChI is InChI=1S/C4H8ClNO2/c1-6(3-2-5)4(7)8/h2-3H2,1H3,(H,7,8)/p-1. The number of rotatable bonds is 2. The van der Waals surface area contributed by atoms with Gasteiger partial charge < -0.3 is 14.8 Å². The smallest absolute Gasteiger partial charge is 0.136 e. The average molecular weight is 137 g/mol. The Morgan fingerprint density at radius 3 is 2.50 bits per heavy atom. The zero-order chi connectivity index (χ0) is 6.57. The highest BCUT2D eigenvalue weighted by molar-refractivity contribution is 6.18. The Morgan fingerprint density at radius 2 is 2.38 bits per heavy atom. The molecular formula is C4H7ClNO2-. The number of alkyl halides is 1. The van der Waals surface area contributed by atoms with Crippen LogP contribution in [0.5, 0.6) is 0 Å². The lowest BCUT2D eigenvalue weighted by atomic mass is 10.7. The van der Waals surface area contributed by atoms with E-state index < -0.39 is 6.09 Å². The number of hydrogen-bond donors (Lipinski definition) is 0. The summed E-state index contributed by atoms with van der Waals surface area (Å²) >= 11 is 5.21. The van der Waals surface area contributed by atoms with Crippen LogP contribution < -0.4 is 5.11 Å². The monoisotopic (exact) mass is 136 g/mol. The van der Waals surface area contributed by atoms with Crippen LogP contribution in [0.25, 0.3) is 0 Å². The molecule has 0 atom stereocenters. The van der Waals surface area contributed by atoms with Crippen LogP contribution in [-0.2, 0) is 0 Å². The molecule has 0 aliphatic heterocycles. The molecule has 0 saturated heterocycles. The summed E-state index contributed by atoms with van der Waals surface area (Å²) in [7, 11) is 1.41. The molecule has 1 amide bonds. The quantitative estimate of drug-likeness (QED) is 0.481. The molecule has 8 heavy (non-hydrogen) atoms. The minimum Gasteiger partial charge on any atom is -0.530 e. The van der Waals surface area contributed by atoms with Gasteiger partial charge in [0.25, 0.3) is 0 Å². The Labute approximate surface area is 52.9 Å². The van der Waals surface area contributed by atoms with Crippen LogP contribution in [0.2, 0.25) is 0 Å². The van der Waals surface area contributed by atoms with Gasteiger partial charge in [-0.25, -0.2) is 0 Å². The fourth-order valence-corrected chi connectivity index (χ4v) is 0.472. The molecule has 0 aromatic heterocycles. The third kappa shape index (κ3) is 2.69. The fraction of sp³-hybridized carbons (Fsp3) is 0.750. The Morgan fingerprint density at radius 1 is 1.88 bits per heavy atom. The number of halogens is 1. The third-order valence-electron chi connectivity index (χ3n) is 0.732. The molecule has 0 rings (SSSR count). The molecule has 0 aromatic carbocycles. The van der Waals surface area contributed by atoms with Gasteiger partial charge in [0.15, 0.2) is 0 Å². The van der Waals surface area contributed by atoms with E-state index in [2.05, 4.69) is 0 Å². The Hall–Kier alpha value is -0.440. The van der Waals surface area contributed by atoms with Crippen molar-refractivity contribution in [1.29, 1.82) is 0 Å². The maximum Gasteiger partial charge on any atom is 0.136 e. The molecule has 0 heterocycles. The van der Waals surface area contributed by atoms with Crippen molar-refractivity contribution in [3.63, 3.8) is 0 Å². The number of nitrogens with zero attached hydrogens (tertiary/aromatic N) is 1. The molecule has 0 bridgehead atoms. The zero-order valence-electron chi connectivity index (χ0n) is 4.56. The van der Waals surface area contributed by atoms with Crippen molar-refractivity contribution in [2.24, 2.45) is 0 Å². The summed E-state index contributed by atoms with van der Waals surface area (Å²) < 4.78 is 0. The maximum atomic E-state index is 9.85. The van der Waals surface area contributed by atoms with Gasteiger partial charge in [-0.3, -0.25) is 0 Å². The third-order valence-corrected chi connectivity index (χ3v) is 0.901. The number of amides is 1. The number of carbonyl (C=O) groups is 1. The first-order chi connectivity index (χ1) is 3.68. The summed E-state index contributed by atoms with van der Waals surface area (Å²) in [5.74, 6) is 0.310. The molecule has 0 radical (unpaired) electrons. The first-order valence-electron chi connectivity index (χ1n) is 2.16. The molecule has 0 N–H and O–H groups in total. The summed E-state index contributed by atoms with van der Waals surface area (Å²) in [6.07, 6.45) is -1.19. The molecule has 48 valence electrons. The van der Waals surface area contributed by atoms with E-state index >= 15 is 0 Å². The molecule has 3 nitrogen and oxygen atoms in total. The van der Waals surface area contributed by atoms with E-state index in [0.29, 0.717) is 12.4 Å².